The molecule has 2 aliphatic rings. The monoisotopic (exact) mass is 342 g/mol. The second-order valence-corrected chi connectivity index (χ2v) is 7.16. The van der Waals surface area contributed by atoms with Crippen LogP contribution in [0.3, 0.4) is 0 Å². The van der Waals surface area contributed by atoms with E-state index >= 15 is 0 Å². The Hall–Kier alpha value is -2.38. The van der Waals surface area contributed by atoms with Gasteiger partial charge in [-0.25, -0.2) is 4.99 Å². The van der Waals surface area contributed by atoms with E-state index in [1.807, 2.05) is 36.5 Å². The molecule has 0 aromatic carbocycles. The molecule has 4 rings (SSSR count). The van der Waals surface area contributed by atoms with Gasteiger partial charge < -0.3 is 14.8 Å². The van der Waals surface area contributed by atoms with Gasteiger partial charge in [-0.1, -0.05) is 0 Å². The van der Waals surface area contributed by atoms with Crippen LogP contribution >= 0.6 is 0 Å². The summed E-state index contributed by atoms with van der Waals surface area (Å²) in [6.07, 6.45) is 7.73. The van der Waals surface area contributed by atoms with E-state index < -0.39 is 0 Å². The van der Waals surface area contributed by atoms with Gasteiger partial charge in [-0.05, 0) is 31.7 Å². The van der Waals surface area contributed by atoms with E-state index in [2.05, 4.69) is 31.7 Å². The molecule has 0 bridgehead atoms. The minimum absolute atomic E-state index is 0.525. The van der Waals surface area contributed by atoms with Crippen molar-refractivity contribution in [3.05, 3.63) is 29.6 Å². The minimum Gasteiger partial charge on any atom is -0.353 e. The molecule has 2 aromatic rings. The SMILES string of the molecule is Cc1nnc(CN=C(NC2CC2)N2CCC(c3cnn(C)c3)C2)n1C. The van der Waals surface area contributed by atoms with Crippen LogP contribution in [0, 0.1) is 6.92 Å². The third-order valence-electron chi connectivity index (χ3n) is 5.15. The molecule has 1 N–H and O–H groups in total. The summed E-state index contributed by atoms with van der Waals surface area (Å²) in [6, 6.07) is 0.581. The number of likely N-dealkylation sites (tertiary alicyclic amines) is 1. The predicted molar refractivity (Wildman–Crippen MR) is 95.2 cm³/mol. The number of aryl methyl sites for hydroxylation is 2. The maximum Gasteiger partial charge on any atom is 0.194 e. The smallest absolute Gasteiger partial charge is 0.194 e. The summed E-state index contributed by atoms with van der Waals surface area (Å²) in [6.45, 7) is 4.53. The number of guanidine groups is 1. The Labute approximate surface area is 147 Å². The molecule has 1 unspecified atom stereocenters. The van der Waals surface area contributed by atoms with Crippen molar-refractivity contribution in [1.29, 1.82) is 0 Å². The third kappa shape index (κ3) is 3.52. The Morgan fingerprint density at radius 2 is 2.12 bits per heavy atom. The maximum absolute atomic E-state index is 4.85. The first kappa shape index (κ1) is 16.1. The fourth-order valence-corrected chi connectivity index (χ4v) is 3.26. The molecule has 1 atom stereocenters. The normalized spacial score (nSPS) is 21.2. The lowest BCUT2D eigenvalue weighted by atomic mass is 10.0. The van der Waals surface area contributed by atoms with E-state index in [4.69, 9.17) is 4.99 Å². The van der Waals surface area contributed by atoms with Gasteiger partial charge in [0.15, 0.2) is 11.8 Å². The fraction of sp³-hybridized carbons (Fsp3) is 0.647. The number of aromatic nitrogens is 5. The molecule has 25 heavy (non-hydrogen) atoms. The average molecular weight is 342 g/mol. The second-order valence-electron chi connectivity index (χ2n) is 7.16. The van der Waals surface area contributed by atoms with Crippen LogP contribution < -0.4 is 5.32 Å². The summed E-state index contributed by atoms with van der Waals surface area (Å²) >= 11 is 0. The number of hydrogen-bond acceptors (Lipinski definition) is 4. The van der Waals surface area contributed by atoms with Crippen LogP contribution in [-0.4, -0.2) is 54.5 Å². The van der Waals surface area contributed by atoms with Gasteiger partial charge in [-0.15, -0.1) is 10.2 Å². The lowest BCUT2D eigenvalue weighted by Crippen LogP contribution is -2.41. The highest BCUT2D eigenvalue weighted by atomic mass is 15.3. The van der Waals surface area contributed by atoms with Gasteiger partial charge in [-0.3, -0.25) is 4.68 Å². The largest absolute Gasteiger partial charge is 0.353 e. The van der Waals surface area contributed by atoms with Crippen LogP contribution in [0.5, 0.6) is 0 Å². The minimum atomic E-state index is 0.525. The summed E-state index contributed by atoms with van der Waals surface area (Å²) in [5.41, 5.74) is 1.32. The van der Waals surface area contributed by atoms with Gasteiger partial charge in [0.05, 0.1) is 6.20 Å². The Balaban J connectivity index is 1.47. The third-order valence-corrected chi connectivity index (χ3v) is 5.15. The summed E-state index contributed by atoms with van der Waals surface area (Å²) in [7, 11) is 3.96. The Kier molecular flexibility index (Phi) is 4.19. The number of rotatable bonds is 4. The first-order chi connectivity index (χ1) is 12.1. The molecule has 8 heteroatoms. The lowest BCUT2D eigenvalue weighted by Gasteiger charge is -2.22. The first-order valence-corrected chi connectivity index (χ1v) is 8.99. The standard InChI is InChI=1S/C17H26N8/c1-12-21-22-16(24(12)3)9-18-17(20-15-4-5-15)25-7-6-13(11-25)14-8-19-23(2)10-14/h8,10,13,15H,4-7,9,11H2,1-3H3,(H,18,20). The van der Waals surface area contributed by atoms with Crippen LogP contribution in [0.1, 0.15) is 42.4 Å². The topological polar surface area (TPSA) is 76.2 Å². The van der Waals surface area contributed by atoms with Gasteiger partial charge in [0.2, 0.25) is 0 Å². The summed E-state index contributed by atoms with van der Waals surface area (Å²) in [4.78, 5) is 7.23. The van der Waals surface area contributed by atoms with Crippen LogP contribution in [0.15, 0.2) is 17.4 Å². The van der Waals surface area contributed by atoms with Crippen LogP contribution in [0.4, 0.5) is 0 Å². The first-order valence-electron chi connectivity index (χ1n) is 8.99. The number of aliphatic imine (C=N–C) groups is 1. The van der Waals surface area contributed by atoms with Crippen molar-refractivity contribution < 1.29 is 0 Å². The van der Waals surface area contributed by atoms with Crippen molar-refractivity contribution in [2.75, 3.05) is 13.1 Å². The molecule has 2 aromatic heterocycles. The molecule has 2 fully saturated rings. The molecular weight excluding hydrogens is 316 g/mol. The zero-order valence-corrected chi connectivity index (χ0v) is 15.2. The average Bonchev–Trinajstić information content (AvgIpc) is 2.97. The summed E-state index contributed by atoms with van der Waals surface area (Å²) < 4.78 is 3.88. The molecule has 134 valence electrons. The van der Waals surface area contributed by atoms with Crippen LogP contribution in [0.2, 0.25) is 0 Å². The highest BCUT2D eigenvalue weighted by Crippen LogP contribution is 2.27. The molecular formula is C17H26N8. The quantitative estimate of drug-likeness (QED) is 0.661. The van der Waals surface area contributed by atoms with E-state index in [9.17, 15) is 0 Å². The molecule has 1 aliphatic heterocycles. The Morgan fingerprint density at radius 1 is 1.28 bits per heavy atom. The fourth-order valence-electron chi connectivity index (χ4n) is 3.26. The zero-order chi connectivity index (χ0) is 17.4. The van der Waals surface area contributed by atoms with E-state index in [-0.39, 0.29) is 0 Å². The summed E-state index contributed by atoms with van der Waals surface area (Å²) in [5, 5.41) is 16.3. The molecule has 3 heterocycles. The highest BCUT2D eigenvalue weighted by molar-refractivity contribution is 5.81. The molecule has 0 spiro atoms. The zero-order valence-electron chi connectivity index (χ0n) is 15.2. The van der Waals surface area contributed by atoms with Gasteiger partial charge in [0, 0.05) is 45.3 Å². The van der Waals surface area contributed by atoms with E-state index in [0.29, 0.717) is 18.5 Å². The van der Waals surface area contributed by atoms with Crippen molar-refractivity contribution in [2.45, 2.75) is 44.7 Å². The molecule has 8 nitrogen and oxygen atoms in total. The maximum atomic E-state index is 4.85. The van der Waals surface area contributed by atoms with Crippen LogP contribution in [-0.2, 0) is 20.6 Å². The van der Waals surface area contributed by atoms with Crippen molar-refractivity contribution in [2.24, 2.45) is 19.1 Å². The Bertz CT molecular complexity index is 769. The van der Waals surface area contributed by atoms with E-state index in [0.717, 1.165) is 37.1 Å². The van der Waals surface area contributed by atoms with Crippen LogP contribution in [0.25, 0.3) is 0 Å². The summed E-state index contributed by atoms with van der Waals surface area (Å²) in [5.74, 6) is 3.35. The van der Waals surface area contributed by atoms with Gasteiger partial charge in [0.25, 0.3) is 0 Å². The van der Waals surface area contributed by atoms with Gasteiger partial charge in [0.1, 0.15) is 12.4 Å². The van der Waals surface area contributed by atoms with Crippen molar-refractivity contribution in [3.8, 4) is 0 Å². The predicted octanol–water partition coefficient (Wildman–Crippen LogP) is 0.955. The number of nitrogens with one attached hydrogen (secondary N) is 1. The second kappa shape index (κ2) is 6.50. The van der Waals surface area contributed by atoms with Crippen molar-refractivity contribution >= 4 is 5.96 Å². The molecule has 1 saturated carbocycles. The molecule has 0 radical (unpaired) electrons. The Morgan fingerprint density at radius 3 is 2.76 bits per heavy atom. The number of hydrogen-bond donors (Lipinski definition) is 1. The van der Waals surface area contributed by atoms with Crippen molar-refractivity contribution in [3.63, 3.8) is 0 Å². The van der Waals surface area contributed by atoms with Gasteiger partial charge in [-0.2, -0.15) is 5.10 Å². The lowest BCUT2D eigenvalue weighted by molar-refractivity contribution is 0.482. The molecule has 0 amide bonds. The number of nitrogens with zero attached hydrogens (tertiary/aromatic N) is 7. The highest BCUT2D eigenvalue weighted by Gasteiger charge is 2.30. The van der Waals surface area contributed by atoms with Crippen molar-refractivity contribution in [1.82, 2.24) is 34.8 Å². The van der Waals surface area contributed by atoms with E-state index in [1.165, 1.54) is 18.4 Å². The molecule has 1 aliphatic carbocycles. The van der Waals surface area contributed by atoms with Gasteiger partial charge >= 0.3 is 0 Å². The van der Waals surface area contributed by atoms with E-state index in [1.54, 1.807) is 0 Å². The molecule has 1 saturated heterocycles.